The average Bonchev–Trinajstić information content (AvgIpc) is 2.32. The van der Waals surface area contributed by atoms with Crippen molar-refractivity contribution in [2.24, 2.45) is 0 Å². The maximum absolute atomic E-state index is 13.6. The van der Waals surface area contributed by atoms with E-state index in [-0.39, 0.29) is 24.3 Å². The van der Waals surface area contributed by atoms with Gasteiger partial charge in [-0.2, -0.15) is 4.98 Å². The summed E-state index contributed by atoms with van der Waals surface area (Å²) in [6.45, 7) is 7.53. The predicted molar refractivity (Wildman–Crippen MR) is 73.7 cm³/mol. The summed E-state index contributed by atoms with van der Waals surface area (Å²) in [5, 5.41) is 1.44. The van der Waals surface area contributed by atoms with Crippen LogP contribution in [0, 0.1) is 5.82 Å². The second kappa shape index (κ2) is 6.81. The summed E-state index contributed by atoms with van der Waals surface area (Å²) >= 11 is 5.63. The summed E-state index contributed by atoms with van der Waals surface area (Å²) in [6.07, 6.45) is 0.961. The minimum atomic E-state index is -0.660. The smallest absolute Gasteiger partial charge is 0.322 e. The lowest BCUT2D eigenvalue weighted by Gasteiger charge is -2.35. The zero-order valence-corrected chi connectivity index (χ0v) is 12.7. The molecule has 0 spiro atoms. The molecule has 0 amide bonds. The second-order valence-corrected chi connectivity index (χ2v) is 5.35. The molecule has 112 valence electrons. The summed E-state index contributed by atoms with van der Waals surface area (Å²) in [5.74, 6) is -1.17. The lowest BCUT2D eigenvalue weighted by molar-refractivity contribution is -0.145. The molecular weight excluding hydrogens is 287 g/mol. The van der Waals surface area contributed by atoms with Crippen molar-refractivity contribution in [3.63, 3.8) is 0 Å². The molecule has 0 aliphatic carbocycles. The molecule has 0 atom stereocenters. The van der Waals surface area contributed by atoms with Crippen molar-refractivity contribution in [1.82, 2.24) is 15.0 Å². The molecule has 0 bridgehead atoms. The molecular formula is C12H18ClFN4O2. The highest BCUT2D eigenvalue weighted by atomic mass is 35.5. The van der Waals surface area contributed by atoms with E-state index in [2.05, 4.69) is 15.4 Å². The number of halogens is 2. The van der Waals surface area contributed by atoms with Crippen LogP contribution in [0.5, 0.6) is 0 Å². The molecule has 0 aromatic carbocycles. The van der Waals surface area contributed by atoms with Crippen LogP contribution in [0.1, 0.15) is 27.7 Å². The minimum absolute atomic E-state index is 0.0571. The molecule has 1 aromatic heterocycles. The Morgan fingerprint density at radius 2 is 2.20 bits per heavy atom. The van der Waals surface area contributed by atoms with E-state index in [0.29, 0.717) is 0 Å². The van der Waals surface area contributed by atoms with Crippen LogP contribution in [-0.4, -0.2) is 39.6 Å². The van der Waals surface area contributed by atoms with Gasteiger partial charge in [-0.3, -0.25) is 10.2 Å². The maximum Gasteiger partial charge on any atom is 0.322 e. The third kappa shape index (κ3) is 4.90. The van der Waals surface area contributed by atoms with Gasteiger partial charge in [0.05, 0.1) is 12.8 Å². The zero-order valence-electron chi connectivity index (χ0n) is 11.9. The monoisotopic (exact) mass is 304 g/mol. The van der Waals surface area contributed by atoms with Crippen LogP contribution in [0.2, 0.25) is 5.28 Å². The maximum atomic E-state index is 13.6. The number of anilines is 1. The Kier molecular flexibility index (Phi) is 5.64. The average molecular weight is 305 g/mol. The van der Waals surface area contributed by atoms with Crippen molar-refractivity contribution < 1.29 is 13.9 Å². The van der Waals surface area contributed by atoms with Crippen molar-refractivity contribution in [2.75, 3.05) is 18.6 Å². The van der Waals surface area contributed by atoms with Gasteiger partial charge in [-0.15, -0.1) is 0 Å². The number of nitrogens with one attached hydrogen (secondary N) is 1. The molecule has 20 heavy (non-hydrogen) atoms. The number of esters is 1. The molecule has 1 aromatic rings. The Morgan fingerprint density at radius 1 is 1.55 bits per heavy atom. The summed E-state index contributed by atoms with van der Waals surface area (Å²) in [4.78, 5) is 18.9. The number of hydrogen-bond acceptors (Lipinski definition) is 6. The molecule has 0 saturated carbocycles. The van der Waals surface area contributed by atoms with Crippen molar-refractivity contribution >= 4 is 23.4 Å². The van der Waals surface area contributed by atoms with Gasteiger partial charge in [0.2, 0.25) is 5.28 Å². The van der Waals surface area contributed by atoms with Gasteiger partial charge in [0.1, 0.15) is 6.54 Å². The summed E-state index contributed by atoms with van der Waals surface area (Å²) in [7, 11) is 0. The van der Waals surface area contributed by atoms with Gasteiger partial charge >= 0.3 is 5.97 Å². The fraction of sp³-hybridized carbons (Fsp3) is 0.583. The first kappa shape index (κ1) is 16.6. The standard InChI is InChI=1S/C12H18ClFN4O2/c1-5-20-9(19)7-18(12(2,3)4)17-10-8(14)6-15-11(13)16-10/h6H,5,7H2,1-4H3,(H,15,16,17). The first-order chi connectivity index (χ1) is 9.24. The molecule has 1 N–H and O–H groups in total. The van der Waals surface area contributed by atoms with E-state index in [4.69, 9.17) is 16.3 Å². The van der Waals surface area contributed by atoms with Crippen LogP contribution < -0.4 is 5.43 Å². The van der Waals surface area contributed by atoms with Crippen LogP contribution in [-0.2, 0) is 9.53 Å². The van der Waals surface area contributed by atoms with E-state index in [1.54, 1.807) is 6.92 Å². The Hall–Kier alpha value is -1.47. The van der Waals surface area contributed by atoms with E-state index in [9.17, 15) is 9.18 Å². The quantitative estimate of drug-likeness (QED) is 0.511. The third-order valence-corrected chi connectivity index (χ3v) is 2.54. The highest BCUT2D eigenvalue weighted by molar-refractivity contribution is 6.28. The van der Waals surface area contributed by atoms with Crippen LogP contribution >= 0.6 is 11.6 Å². The molecule has 6 nitrogen and oxygen atoms in total. The lowest BCUT2D eigenvalue weighted by Crippen LogP contribution is -2.48. The Labute approximate surface area is 122 Å². The SMILES string of the molecule is CCOC(=O)CN(Nc1nc(Cl)ncc1F)C(C)(C)C. The molecule has 0 aliphatic rings. The molecule has 0 saturated heterocycles. The van der Waals surface area contributed by atoms with Crippen molar-refractivity contribution in [3.8, 4) is 0 Å². The van der Waals surface area contributed by atoms with Crippen LogP contribution in [0.4, 0.5) is 10.2 Å². The number of aromatic nitrogens is 2. The minimum Gasteiger partial charge on any atom is -0.465 e. The van der Waals surface area contributed by atoms with Gasteiger partial charge in [-0.05, 0) is 39.3 Å². The topological polar surface area (TPSA) is 67.3 Å². The van der Waals surface area contributed by atoms with Gasteiger partial charge in [0.15, 0.2) is 11.6 Å². The Bertz CT molecular complexity index is 479. The third-order valence-electron chi connectivity index (χ3n) is 2.36. The highest BCUT2D eigenvalue weighted by Gasteiger charge is 2.26. The van der Waals surface area contributed by atoms with Crippen LogP contribution in [0.15, 0.2) is 6.20 Å². The number of hydrogen-bond donors (Lipinski definition) is 1. The van der Waals surface area contributed by atoms with Gasteiger partial charge in [-0.25, -0.2) is 14.4 Å². The normalized spacial score (nSPS) is 11.6. The molecule has 1 heterocycles. The molecule has 0 fully saturated rings. The lowest BCUT2D eigenvalue weighted by atomic mass is 10.1. The summed E-state index contributed by atoms with van der Waals surface area (Å²) in [5.41, 5.74) is 2.28. The Balaban J connectivity index is 2.90. The second-order valence-electron chi connectivity index (χ2n) is 5.01. The fourth-order valence-electron chi connectivity index (χ4n) is 1.33. The number of ether oxygens (including phenoxy) is 1. The van der Waals surface area contributed by atoms with E-state index in [1.165, 1.54) is 5.01 Å². The highest BCUT2D eigenvalue weighted by Crippen LogP contribution is 2.18. The van der Waals surface area contributed by atoms with Crippen LogP contribution in [0.25, 0.3) is 0 Å². The van der Waals surface area contributed by atoms with E-state index >= 15 is 0 Å². The first-order valence-electron chi connectivity index (χ1n) is 6.12. The van der Waals surface area contributed by atoms with Crippen LogP contribution in [0.3, 0.4) is 0 Å². The van der Waals surface area contributed by atoms with Crippen molar-refractivity contribution in [3.05, 3.63) is 17.3 Å². The number of hydrazine groups is 1. The zero-order chi connectivity index (χ0) is 15.3. The van der Waals surface area contributed by atoms with E-state index in [0.717, 1.165) is 6.20 Å². The number of rotatable bonds is 5. The number of carbonyl (C=O) groups is 1. The summed E-state index contributed by atoms with van der Waals surface area (Å²) in [6, 6.07) is 0. The Morgan fingerprint density at radius 3 is 2.75 bits per heavy atom. The molecule has 0 radical (unpaired) electrons. The first-order valence-corrected chi connectivity index (χ1v) is 6.49. The molecule has 0 aliphatic heterocycles. The number of carbonyl (C=O) groups excluding carboxylic acids is 1. The van der Waals surface area contributed by atoms with Gasteiger partial charge in [0, 0.05) is 5.54 Å². The number of nitrogens with zero attached hydrogens (tertiary/aromatic N) is 3. The summed E-state index contributed by atoms with van der Waals surface area (Å²) < 4.78 is 18.5. The van der Waals surface area contributed by atoms with E-state index in [1.807, 2.05) is 20.8 Å². The fourth-order valence-corrected chi connectivity index (χ4v) is 1.47. The molecule has 1 rings (SSSR count). The largest absolute Gasteiger partial charge is 0.465 e. The molecule has 0 unspecified atom stereocenters. The van der Waals surface area contributed by atoms with Gasteiger partial charge < -0.3 is 4.74 Å². The molecule has 8 heteroatoms. The van der Waals surface area contributed by atoms with Gasteiger partial charge in [-0.1, -0.05) is 0 Å². The van der Waals surface area contributed by atoms with E-state index < -0.39 is 17.3 Å². The predicted octanol–water partition coefficient (Wildman–Crippen LogP) is 2.26. The van der Waals surface area contributed by atoms with Gasteiger partial charge in [0.25, 0.3) is 0 Å². The van der Waals surface area contributed by atoms with Crippen molar-refractivity contribution in [2.45, 2.75) is 33.2 Å². The van der Waals surface area contributed by atoms with Crippen molar-refractivity contribution in [1.29, 1.82) is 0 Å².